The topological polar surface area (TPSA) is 30.0 Å². The number of rotatable bonds is 1. The van der Waals surface area contributed by atoms with Crippen molar-refractivity contribution in [2.75, 3.05) is 5.75 Å². The van der Waals surface area contributed by atoms with Gasteiger partial charge in [-0.25, -0.2) is 4.98 Å². The van der Waals surface area contributed by atoms with Crippen molar-refractivity contribution in [2.24, 2.45) is 0 Å². The molecule has 1 rings (SSSR count). The summed E-state index contributed by atoms with van der Waals surface area (Å²) in [4.78, 5) is 14.9. The lowest BCUT2D eigenvalue weighted by Crippen LogP contribution is -1.89. The van der Waals surface area contributed by atoms with Crippen LogP contribution in [-0.4, -0.2) is 15.9 Å². The predicted molar refractivity (Wildman–Crippen MR) is 63.7 cm³/mol. The van der Waals surface area contributed by atoms with E-state index in [0.717, 1.165) is 16.8 Å². The second-order valence-electron chi connectivity index (χ2n) is 3.26. The molecule has 0 unspecified atom stereocenters. The van der Waals surface area contributed by atoms with E-state index < -0.39 is 0 Å². The van der Waals surface area contributed by atoms with Crippen LogP contribution in [0.25, 0.3) is 0 Å². The van der Waals surface area contributed by atoms with Gasteiger partial charge >= 0.3 is 0 Å². The third-order valence-corrected chi connectivity index (χ3v) is 2.46. The fourth-order valence-electron chi connectivity index (χ4n) is 1.10. The number of nitrogens with zero attached hydrogens (tertiary/aromatic N) is 1. The summed E-state index contributed by atoms with van der Waals surface area (Å²) in [5.41, 5.74) is 3.01. The summed E-state index contributed by atoms with van der Waals surface area (Å²) < 4.78 is 0. The summed E-state index contributed by atoms with van der Waals surface area (Å²) >= 11 is 1.22. The van der Waals surface area contributed by atoms with Crippen LogP contribution >= 0.6 is 11.8 Å². The standard InChI is InChI=1S/C12H13NOS/c1-9-7-10(2)12(13-8-9)5-4-6-15-11(3)14/h7-8H,6H2,1-3H3. The maximum absolute atomic E-state index is 10.6. The molecular formula is C12H13NOS. The zero-order chi connectivity index (χ0) is 11.3. The Balaban J connectivity index is 2.67. The van der Waals surface area contributed by atoms with Crippen molar-refractivity contribution < 1.29 is 4.79 Å². The van der Waals surface area contributed by atoms with E-state index >= 15 is 0 Å². The molecule has 3 heteroatoms. The van der Waals surface area contributed by atoms with E-state index in [1.165, 1.54) is 11.8 Å². The zero-order valence-corrected chi connectivity index (χ0v) is 9.94. The van der Waals surface area contributed by atoms with Gasteiger partial charge in [0.05, 0.1) is 5.75 Å². The number of carbonyl (C=O) groups is 1. The number of hydrogen-bond donors (Lipinski definition) is 0. The van der Waals surface area contributed by atoms with Gasteiger partial charge in [0.1, 0.15) is 5.69 Å². The molecule has 1 aromatic rings. The van der Waals surface area contributed by atoms with Crippen LogP contribution in [-0.2, 0) is 4.79 Å². The number of aromatic nitrogens is 1. The number of hydrogen-bond acceptors (Lipinski definition) is 3. The van der Waals surface area contributed by atoms with Gasteiger partial charge in [0, 0.05) is 13.1 Å². The van der Waals surface area contributed by atoms with Crippen molar-refractivity contribution >= 4 is 16.9 Å². The van der Waals surface area contributed by atoms with Crippen LogP contribution in [0.2, 0.25) is 0 Å². The second kappa shape index (κ2) is 5.57. The van der Waals surface area contributed by atoms with Gasteiger partial charge in [-0.05, 0) is 30.9 Å². The third kappa shape index (κ3) is 4.18. The molecule has 0 aliphatic rings. The normalized spacial score (nSPS) is 9.27. The second-order valence-corrected chi connectivity index (χ2v) is 4.41. The van der Waals surface area contributed by atoms with Crippen molar-refractivity contribution in [3.63, 3.8) is 0 Å². The Hall–Kier alpha value is -1.27. The van der Waals surface area contributed by atoms with Crippen LogP contribution in [0.15, 0.2) is 12.3 Å². The average Bonchev–Trinajstić information content (AvgIpc) is 2.14. The van der Waals surface area contributed by atoms with Gasteiger partial charge in [0.25, 0.3) is 0 Å². The summed E-state index contributed by atoms with van der Waals surface area (Å²) in [6.07, 6.45) is 1.80. The molecule has 0 aliphatic heterocycles. The van der Waals surface area contributed by atoms with E-state index in [9.17, 15) is 4.79 Å². The number of thioether (sulfide) groups is 1. The monoisotopic (exact) mass is 219 g/mol. The molecule has 0 N–H and O–H groups in total. The Labute approximate surface area is 94.5 Å². The van der Waals surface area contributed by atoms with E-state index in [0.29, 0.717) is 5.75 Å². The van der Waals surface area contributed by atoms with Gasteiger partial charge in [-0.3, -0.25) is 4.79 Å². The lowest BCUT2D eigenvalue weighted by atomic mass is 10.2. The first-order valence-electron chi connectivity index (χ1n) is 4.65. The molecule has 2 nitrogen and oxygen atoms in total. The molecule has 1 heterocycles. The van der Waals surface area contributed by atoms with Crippen molar-refractivity contribution in [3.8, 4) is 11.8 Å². The molecule has 0 spiro atoms. The third-order valence-electron chi connectivity index (χ3n) is 1.77. The summed E-state index contributed by atoms with van der Waals surface area (Å²) in [6, 6.07) is 2.05. The van der Waals surface area contributed by atoms with E-state index in [1.807, 2.05) is 13.8 Å². The van der Waals surface area contributed by atoms with Gasteiger partial charge in [-0.2, -0.15) is 0 Å². The Bertz CT molecular complexity index is 429. The van der Waals surface area contributed by atoms with Gasteiger partial charge in [-0.1, -0.05) is 23.7 Å². The Morgan fingerprint density at radius 1 is 1.53 bits per heavy atom. The maximum atomic E-state index is 10.6. The highest BCUT2D eigenvalue weighted by Gasteiger charge is 1.95. The smallest absolute Gasteiger partial charge is 0.186 e. The average molecular weight is 219 g/mol. The molecule has 0 saturated carbocycles. The molecule has 0 fully saturated rings. The minimum Gasteiger partial charge on any atom is -0.288 e. The number of carbonyl (C=O) groups excluding carboxylic acids is 1. The number of aryl methyl sites for hydroxylation is 2. The lowest BCUT2D eigenvalue weighted by Gasteiger charge is -1.97. The van der Waals surface area contributed by atoms with Crippen molar-refractivity contribution in [1.29, 1.82) is 0 Å². The van der Waals surface area contributed by atoms with E-state index in [4.69, 9.17) is 0 Å². The molecule has 0 aliphatic carbocycles. The minimum absolute atomic E-state index is 0.0953. The first kappa shape index (κ1) is 11.8. The van der Waals surface area contributed by atoms with Crippen LogP contribution in [0.1, 0.15) is 23.7 Å². The summed E-state index contributed by atoms with van der Waals surface area (Å²) in [6.45, 7) is 5.53. The van der Waals surface area contributed by atoms with Crippen LogP contribution < -0.4 is 0 Å². The molecule has 0 amide bonds. The van der Waals surface area contributed by atoms with Crippen LogP contribution in [0.3, 0.4) is 0 Å². The highest BCUT2D eigenvalue weighted by molar-refractivity contribution is 8.13. The molecule has 0 aromatic carbocycles. The van der Waals surface area contributed by atoms with Crippen molar-refractivity contribution in [1.82, 2.24) is 4.98 Å². The molecule has 0 bridgehead atoms. The van der Waals surface area contributed by atoms with Crippen LogP contribution in [0.4, 0.5) is 0 Å². The summed E-state index contributed by atoms with van der Waals surface area (Å²) in [7, 11) is 0. The molecule has 78 valence electrons. The van der Waals surface area contributed by atoms with Gasteiger partial charge in [-0.15, -0.1) is 0 Å². The van der Waals surface area contributed by atoms with E-state index in [2.05, 4.69) is 22.9 Å². The Morgan fingerprint density at radius 3 is 2.87 bits per heavy atom. The lowest BCUT2D eigenvalue weighted by molar-refractivity contribution is -0.109. The molecule has 1 aromatic heterocycles. The highest BCUT2D eigenvalue weighted by atomic mass is 32.2. The zero-order valence-electron chi connectivity index (χ0n) is 9.13. The summed E-state index contributed by atoms with van der Waals surface area (Å²) in [5, 5.41) is 0.0953. The largest absolute Gasteiger partial charge is 0.288 e. The predicted octanol–water partition coefficient (Wildman–Crippen LogP) is 2.33. The first-order chi connectivity index (χ1) is 7.09. The molecular weight excluding hydrogens is 206 g/mol. The fourth-order valence-corrected chi connectivity index (χ4v) is 1.45. The quantitative estimate of drug-likeness (QED) is 0.679. The van der Waals surface area contributed by atoms with Gasteiger partial charge < -0.3 is 0 Å². The maximum Gasteiger partial charge on any atom is 0.186 e. The van der Waals surface area contributed by atoms with Crippen molar-refractivity contribution in [2.45, 2.75) is 20.8 Å². The van der Waals surface area contributed by atoms with Crippen LogP contribution in [0, 0.1) is 25.7 Å². The Morgan fingerprint density at radius 2 is 2.27 bits per heavy atom. The number of pyridine rings is 1. The highest BCUT2D eigenvalue weighted by Crippen LogP contribution is 2.05. The molecule has 0 radical (unpaired) electrons. The first-order valence-corrected chi connectivity index (χ1v) is 5.63. The molecule has 15 heavy (non-hydrogen) atoms. The fraction of sp³-hybridized carbons (Fsp3) is 0.333. The van der Waals surface area contributed by atoms with Crippen molar-refractivity contribution in [3.05, 3.63) is 29.1 Å². The molecule has 0 saturated heterocycles. The van der Waals surface area contributed by atoms with Gasteiger partial charge in [0.15, 0.2) is 5.12 Å². The SMILES string of the molecule is CC(=O)SCC#Cc1ncc(C)cc1C. The Kier molecular flexibility index (Phi) is 4.38. The van der Waals surface area contributed by atoms with E-state index in [-0.39, 0.29) is 5.12 Å². The van der Waals surface area contributed by atoms with Gasteiger partial charge in [0.2, 0.25) is 0 Å². The molecule has 0 atom stereocenters. The summed E-state index contributed by atoms with van der Waals surface area (Å²) in [5.74, 6) is 6.42. The van der Waals surface area contributed by atoms with E-state index in [1.54, 1.807) is 13.1 Å². The van der Waals surface area contributed by atoms with Crippen LogP contribution in [0.5, 0.6) is 0 Å². The minimum atomic E-state index is 0.0953.